The number of ketones is 1. The van der Waals surface area contributed by atoms with Gasteiger partial charge in [0, 0.05) is 5.56 Å². The maximum absolute atomic E-state index is 11.9. The Morgan fingerprint density at radius 3 is 2.57 bits per heavy atom. The van der Waals surface area contributed by atoms with Gasteiger partial charge in [0.25, 0.3) is 0 Å². The topological polar surface area (TPSA) is 17.1 Å². The molecule has 1 rings (SSSR count). The van der Waals surface area contributed by atoms with E-state index in [1.54, 1.807) is 11.8 Å². The zero-order valence-electron chi connectivity index (χ0n) is 9.13. The van der Waals surface area contributed by atoms with Crippen molar-refractivity contribution in [1.29, 1.82) is 0 Å². The fraction of sp³-hybridized carbons (Fsp3) is 0.417. The van der Waals surface area contributed by atoms with Gasteiger partial charge >= 0.3 is 0 Å². The molecule has 1 aromatic rings. The van der Waals surface area contributed by atoms with E-state index in [0.717, 1.165) is 16.7 Å². The Morgan fingerprint density at radius 1 is 1.36 bits per heavy atom. The highest BCUT2D eigenvalue weighted by Crippen LogP contribution is 2.17. The molecule has 0 N–H and O–H groups in total. The second-order valence-electron chi connectivity index (χ2n) is 3.56. The molecule has 2 heteroatoms. The lowest BCUT2D eigenvalue weighted by Crippen LogP contribution is -2.14. The van der Waals surface area contributed by atoms with Gasteiger partial charge in [-0.3, -0.25) is 4.79 Å². The molecule has 76 valence electrons. The van der Waals surface area contributed by atoms with E-state index in [1.165, 1.54) is 0 Å². The summed E-state index contributed by atoms with van der Waals surface area (Å²) in [5.74, 6) is 0.235. The molecule has 0 fully saturated rings. The summed E-state index contributed by atoms with van der Waals surface area (Å²) < 4.78 is 0. The minimum Gasteiger partial charge on any atom is -0.293 e. The monoisotopic (exact) mass is 208 g/mol. The molecule has 0 radical (unpaired) electrons. The third-order valence-corrected chi connectivity index (χ3v) is 3.30. The quantitative estimate of drug-likeness (QED) is 0.709. The molecular formula is C12H16OS. The van der Waals surface area contributed by atoms with Crippen LogP contribution in [0.1, 0.15) is 28.4 Å². The molecule has 0 aliphatic heterocycles. The van der Waals surface area contributed by atoms with Gasteiger partial charge in [0.15, 0.2) is 5.78 Å². The van der Waals surface area contributed by atoms with E-state index in [-0.39, 0.29) is 11.0 Å². The third kappa shape index (κ3) is 2.38. The molecular weight excluding hydrogens is 192 g/mol. The van der Waals surface area contributed by atoms with Crippen molar-refractivity contribution in [3.05, 3.63) is 34.9 Å². The Bertz CT molecular complexity index is 344. The number of rotatable bonds is 3. The lowest BCUT2D eigenvalue weighted by atomic mass is 10.0. The van der Waals surface area contributed by atoms with Crippen LogP contribution in [0.2, 0.25) is 0 Å². The van der Waals surface area contributed by atoms with Gasteiger partial charge in [-0.15, -0.1) is 0 Å². The van der Waals surface area contributed by atoms with Gasteiger partial charge in [-0.05, 0) is 38.7 Å². The van der Waals surface area contributed by atoms with Crippen molar-refractivity contribution in [1.82, 2.24) is 0 Å². The van der Waals surface area contributed by atoms with E-state index in [9.17, 15) is 4.79 Å². The molecule has 0 amide bonds. The average Bonchev–Trinajstić information content (AvgIpc) is 2.19. The Labute approximate surface area is 89.9 Å². The van der Waals surface area contributed by atoms with E-state index in [0.29, 0.717) is 0 Å². The first-order valence-electron chi connectivity index (χ1n) is 4.70. The van der Waals surface area contributed by atoms with Crippen LogP contribution in [0.3, 0.4) is 0 Å². The van der Waals surface area contributed by atoms with Crippen LogP contribution in [-0.4, -0.2) is 17.3 Å². The number of hydrogen-bond donors (Lipinski definition) is 0. The van der Waals surface area contributed by atoms with Crippen molar-refractivity contribution < 1.29 is 4.79 Å². The lowest BCUT2D eigenvalue weighted by molar-refractivity contribution is 0.0993. The fourth-order valence-electron chi connectivity index (χ4n) is 1.33. The molecule has 0 saturated carbocycles. The summed E-state index contributed by atoms with van der Waals surface area (Å²) in [6, 6.07) is 6.02. The number of aryl methyl sites for hydroxylation is 2. The predicted octanol–water partition coefficient (Wildman–Crippen LogP) is 3.24. The van der Waals surface area contributed by atoms with Gasteiger partial charge in [-0.25, -0.2) is 0 Å². The molecule has 0 saturated heterocycles. The average molecular weight is 208 g/mol. The van der Waals surface area contributed by atoms with E-state index >= 15 is 0 Å². The summed E-state index contributed by atoms with van der Waals surface area (Å²) in [7, 11) is 0. The normalized spacial score (nSPS) is 12.6. The molecule has 1 atom stereocenters. The first-order valence-corrected chi connectivity index (χ1v) is 5.99. The van der Waals surface area contributed by atoms with Crippen molar-refractivity contribution in [2.45, 2.75) is 26.0 Å². The highest BCUT2D eigenvalue weighted by molar-refractivity contribution is 7.99. The van der Waals surface area contributed by atoms with Crippen LogP contribution in [0.25, 0.3) is 0 Å². The van der Waals surface area contributed by atoms with Crippen LogP contribution >= 0.6 is 11.8 Å². The van der Waals surface area contributed by atoms with Crippen LogP contribution in [0.4, 0.5) is 0 Å². The Balaban J connectivity index is 3.06. The van der Waals surface area contributed by atoms with Crippen molar-refractivity contribution in [2.24, 2.45) is 0 Å². The minimum atomic E-state index is 0.0514. The van der Waals surface area contributed by atoms with Crippen LogP contribution < -0.4 is 0 Å². The number of Topliss-reactive ketones (excluding diaryl/α,β-unsaturated/α-hetero) is 1. The van der Waals surface area contributed by atoms with Gasteiger partial charge in [-0.1, -0.05) is 17.7 Å². The van der Waals surface area contributed by atoms with Crippen LogP contribution in [0.5, 0.6) is 0 Å². The highest BCUT2D eigenvalue weighted by Gasteiger charge is 2.15. The van der Waals surface area contributed by atoms with Gasteiger partial charge in [0.2, 0.25) is 0 Å². The Morgan fingerprint density at radius 2 is 2.00 bits per heavy atom. The van der Waals surface area contributed by atoms with Gasteiger partial charge in [0.1, 0.15) is 0 Å². The van der Waals surface area contributed by atoms with Crippen molar-refractivity contribution >= 4 is 17.5 Å². The van der Waals surface area contributed by atoms with Gasteiger partial charge < -0.3 is 0 Å². The van der Waals surface area contributed by atoms with Crippen LogP contribution in [-0.2, 0) is 0 Å². The highest BCUT2D eigenvalue weighted by atomic mass is 32.2. The number of hydrogen-bond acceptors (Lipinski definition) is 2. The summed E-state index contributed by atoms with van der Waals surface area (Å²) >= 11 is 1.59. The van der Waals surface area contributed by atoms with E-state index in [2.05, 4.69) is 0 Å². The molecule has 0 aromatic heterocycles. The van der Waals surface area contributed by atoms with Gasteiger partial charge in [-0.2, -0.15) is 11.8 Å². The van der Waals surface area contributed by atoms with E-state index in [1.807, 2.05) is 45.2 Å². The molecule has 0 aliphatic rings. The molecule has 1 nitrogen and oxygen atoms in total. The summed E-state index contributed by atoms with van der Waals surface area (Å²) in [5.41, 5.74) is 3.08. The zero-order valence-corrected chi connectivity index (χ0v) is 9.94. The van der Waals surface area contributed by atoms with Gasteiger partial charge in [0.05, 0.1) is 5.25 Å². The maximum Gasteiger partial charge on any atom is 0.175 e. The van der Waals surface area contributed by atoms with Crippen molar-refractivity contribution in [3.8, 4) is 0 Å². The SMILES string of the molecule is CSC(C)C(=O)c1cc(C)ccc1C. The summed E-state index contributed by atoms with van der Waals surface area (Å²) in [4.78, 5) is 11.9. The number of benzene rings is 1. The molecule has 0 heterocycles. The second-order valence-corrected chi connectivity index (χ2v) is 4.74. The largest absolute Gasteiger partial charge is 0.293 e. The first kappa shape index (κ1) is 11.3. The number of carbonyl (C=O) groups excluding carboxylic acids is 1. The second kappa shape index (κ2) is 4.65. The van der Waals surface area contributed by atoms with Crippen LogP contribution in [0, 0.1) is 13.8 Å². The number of thioether (sulfide) groups is 1. The molecule has 0 bridgehead atoms. The maximum atomic E-state index is 11.9. The van der Waals surface area contributed by atoms with E-state index < -0.39 is 0 Å². The summed E-state index contributed by atoms with van der Waals surface area (Å²) in [6.07, 6.45) is 1.97. The molecule has 1 unspecified atom stereocenters. The Kier molecular flexibility index (Phi) is 3.76. The Hall–Kier alpha value is -0.760. The van der Waals surface area contributed by atoms with Crippen LogP contribution in [0.15, 0.2) is 18.2 Å². The summed E-state index contributed by atoms with van der Waals surface area (Å²) in [5, 5.41) is 0.0514. The predicted molar refractivity (Wildman–Crippen MR) is 63.2 cm³/mol. The minimum absolute atomic E-state index is 0.0514. The van der Waals surface area contributed by atoms with E-state index in [4.69, 9.17) is 0 Å². The molecule has 14 heavy (non-hydrogen) atoms. The number of carbonyl (C=O) groups is 1. The smallest absolute Gasteiger partial charge is 0.175 e. The lowest BCUT2D eigenvalue weighted by Gasteiger charge is -2.10. The van der Waals surface area contributed by atoms with Crippen molar-refractivity contribution in [2.75, 3.05) is 6.26 Å². The molecule has 0 spiro atoms. The first-order chi connectivity index (χ1) is 6.56. The standard InChI is InChI=1S/C12H16OS/c1-8-5-6-9(2)11(7-8)12(13)10(3)14-4/h5-7,10H,1-4H3. The molecule has 0 aliphatic carbocycles. The summed E-state index contributed by atoms with van der Waals surface area (Å²) in [6.45, 7) is 5.95. The zero-order chi connectivity index (χ0) is 10.7. The van der Waals surface area contributed by atoms with Crippen molar-refractivity contribution in [3.63, 3.8) is 0 Å². The third-order valence-electron chi connectivity index (χ3n) is 2.38. The molecule has 1 aromatic carbocycles. The fourth-order valence-corrected chi connectivity index (χ4v) is 1.67.